The molecular weight excluding hydrogens is 192 g/mol. The lowest BCUT2D eigenvalue weighted by Gasteiger charge is -1.99. The molecule has 1 rings (SSSR count). The molecular formula is C9H7F2NS. The largest absolute Gasteiger partial charge is 0.396 e. The Morgan fingerprint density at radius 2 is 2.08 bits per heavy atom. The summed E-state index contributed by atoms with van der Waals surface area (Å²) in [5.74, 6) is 3.49. The lowest BCUT2D eigenvalue weighted by molar-refractivity contribution is 0.580. The van der Waals surface area contributed by atoms with Crippen LogP contribution in [-0.4, -0.2) is 5.75 Å². The van der Waals surface area contributed by atoms with Crippen molar-refractivity contribution in [2.45, 2.75) is 0 Å². The van der Waals surface area contributed by atoms with Crippen LogP contribution >= 0.6 is 12.6 Å². The predicted molar refractivity (Wildman–Crippen MR) is 51.5 cm³/mol. The SMILES string of the molecule is Nc1ccc(F)c(C#CCS)c1F. The highest BCUT2D eigenvalue weighted by Crippen LogP contribution is 2.17. The van der Waals surface area contributed by atoms with E-state index in [0.29, 0.717) is 0 Å². The van der Waals surface area contributed by atoms with Gasteiger partial charge in [0.05, 0.1) is 17.0 Å². The number of anilines is 1. The van der Waals surface area contributed by atoms with Gasteiger partial charge in [0.1, 0.15) is 5.82 Å². The number of halogens is 2. The first-order valence-electron chi connectivity index (χ1n) is 3.50. The lowest BCUT2D eigenvalue weighted by atomic mass is 10.2. The normalized spacial score (nSPS) is 9.15. The third-order valence-corrected chi connectivity index (χ3v) is 1.57. The van der Waals surface area contributed by atoms with Crippen molar-refractivity contribution in [3.05, 3.63) is 29.3 Å². The predicted octanol–water partition coefficient (Wildman–Crippen LogP) is 1.83. The summed E-state index contributed by atoms with van der Waals surface area (Å²) in [6.07, 6.45) is 0. The van der Waals surface area contributed by atoms with E-state index in [1.54, 1.807) is 0 Å². The first-order chi connectivity index (χ1) is 6.16. The van der Waals surface area contributed by atoms with Crippen LogP contribution in [0.3, 0.4) is 0 Å². The van der Waals surface area contributed by atoms with Crippen LogP contribution in [0.1, 0.15) is 5.56 Å². The molecule has 0 spiro atoms. The van der Waals surface area contributed by atoms with E-state index in [4.69, 9.17) is 5.73 Å². The Hall–Kier alpha value is -1.21. The van der Waals surface area contributed by atoms with E-state index in [2.05, 4.69) is 24.5 Å². The standard InChI is InChI=1S/C9H7F2NS/c10-7-3-4-8(12)9(11)6(7)2-1-5-13/h3-4,13H,5,12H2. The molecule has 1 aromatic carbocycles. The third-order valence-electron chi connectivity index (χ3n) is 1.41. The summed E-state index contributed by atoms with van der Waals surface area (Å²) in [4.78, 5) is 0. The summed E-state index contributed by atoms with van der Waals surface area (Å²) < 4.78 is 26.0. The zero-order chi connectivity index (χ0) is 9.84. The molecule has 2 N–H and O–H groups in total. The van der Waals surface area contributed by atoms with E-state index in [9.17, 15) is 8.78 Å². The second-order valence-electron chi connectivity index (χ2n) is 2.29. The highest BCUT2D eigenvalue weighted by molar-refractivity contribution is 7.80. The molecule has 0 aliphatic heterocycles. The Morgan fingerprint density at radius 3 is 2.69 bits per heavy atom. The van der Waals surface area contributed by atoms with Crippen LogP contribution in [0.25, 0.3) is 0 Å². The molecule has 68 valence electrons. The molecule has 0 saturated heterocycles. The van der Waals surface area contributed by atoms with Crippen molar-refractivity contribution in [2.75, 3.05) is 11.5 Å². The van der Waals surface area contributed by atoms with Gasteiger partial charge in [-0.2, -0.15) is 12.6 Å². The average Bonchev–Trinajstić information content (AvgIpc) is 2.12. The van der Waals surface area contributed by atoms with Crippen LogP contribution in [0, 0.1) is 23.5 Å². The zero-order valence-electron chi connectivity index (χ0n) is 6.64. The molecule has 0 saturated carbocycles. The number of hydrogen-bond acceptors (Lipinski definition) is 2. The average molecular weight is 199 g/mol. The van der Waals surface area contributed by atoms with Gasteiger partial charge in [0, 0.05) is 0 Å². The third kappa shape index (κ3) is 2.13. The summed E-state index contributed by atoms with van der Waals surface area (Å²) >= 11 is 3.80. The maximum Gasteiger partial charge on any atom is 0.164 e. The van der Waals surface area contributed by atoms with Gasteiger partial charge < -0.3 is 5.73 Å². The van der Waals surface area contributed by atoms with Crippen LogP contribution in [0.15, 0.2) is 12.1 Å². The van der Waals surface area contributed by atoms with Crippen LogP contribution in [0.2, 0.25) is 0 Å². The maximum atomic E-state index is 13.1. The molecule has 13 heavy (non-hydrogen) atoms. The van der Waals surface area contributed by atoms with Gasteiger partial charge in [0.2, 0.25) is 0 Å². The number of rotatable bonds is 0. The number of benzene rings is 1. The quantitative estimate of drug-likeness (QED) is 0.372. The van der Waals surface area contributed by atoms with Gasteiger partial charge >= 0.3 is 0 Å². The second-order valence-corrected chi connectivity index (χ2v) is 2.60. The molecule has 4 heteroatoms. The Bertz CT molecular complexity index is 379. The van der Waals surface area contributed by atoms with E-state index < -0.39 is 11.6 Å². The van der Waals surface area contributed by atoms with Crippen molar-refractivity contribution >= 4 is 18.3 Å². The molecule has 1 nitrogen and oxygen atoms in total. The molecule has 0 atom stereocenters. The second kappa shape index (κ2) is 4.15. The molecule has 0 aromatic heterocycles. The Morgan fingerprint density at radius 1 is 1.38 bits per heavy atom. The van der Waals surface area contributed by atoms with E-state index in [1.807, 2.05) is 0 Å². The minimum atomic E-state index is -0.811. The van der Waals surface area contributed by atoms with Gasteiger partial charge in [0.25, 0.3) is 0 Å². The molecule has 1 aromatic rings. The minimum Gasteiger partial charge on any atom is -0.396 e. The highest BCUT2D eigenvalue weighted by Gasteiger charge is 2.08. The Balaban J connectivity index is 3.25. The summed E-state index contributed by atoms with van der Waals surface area (Å²) in [5, 5.41) is 0. The molecule has 0 aliphatic rings. The van der Waals surface area contributed by atoms with Crippen molar-refractivity contribution in [3.8, 4) is 11.8 Å². The van der Waals surface area contributed by atoms with E-state index in [0.717, 1.165) is 12.1 Å². The Kier molecular flexibility index (Phi) is 3.15. The summed E-state index contributed by atoms with van der Waals surface area (Å²) in [6.45, 7) is 0. The van der Waals surface area contributed by atoms with Crippen LogP contribution in [0.5, 0.6) is 0 Å². The molecule has 0 aliphatic carbocycles. The first kappa shape index (κ1) is 9.87. The summed E-state index contributed by atoms with van der Waals surface area (Å²) in [7, 11) is 0. The number of thiol groups is 1. The number of nitrogen functional groups attached to an aromatic ring is 1. The lowest BCUT2D eigenvalue weighted by Crippen LogP contribution is -1.96. The smallest absolute Gasteiger partial charge is 0.164 e. The minimum absolute atomic E-state index is 0.107. The van der Waals surface area contributed by atoms with Crippen molar-refractivity contribution in [3.63, 3.8) is 0 Å². The zero-order valence-corrected chi connectivity index (χ0v) is 7.54. The monoisotopic (exact) mass is 199 g/mol. The van der Waals surface area contributed by atoms with Crippen LogP contribution < -0.4 is 5.73 Å². The molecule has 0 heterocycles. The van der Waals surface area contributed by atoms with Gasteiger partial charge in [-0.1, -0.05) is 11.8 Å². The van der Waals surface area contributed by atoms with Crippen molar-refractivity contribution < 1.29 is 8.78 Å². The molecule has 0 fully saturated rings. The van der Waals surface area contributed by atoms with Gasteiger partial charge in [-0.3, -0.25) is 0 Å². The van der Waals surface area contributed by atoms with Crippen LogP contribution in [0.4, 0.5) is 14.5 Å². The van der Waals surface area contributed by atoms with E-state index >= 15 is 0 Å². The number of nitrogens with two attached hydrogens (primary N) is 1. The van der Waals surface area contributed by atoms with Crippen molar-refractivity contribution in [1.29, 1.82) is 0 Å². The highest BCUT2D eigenvalue weighted by atomic mass is 32.1. The van der Waals surface area contributed by atoms with Gasteiger partial charge in [-0.05, 0) is 12.1 Å². The summed E-state index contributed by atoms with van der Waals surface area (Å²) in [6, 6.07) is 2.25. The first-order valence-corrected chi connectivity index (χ1v) is 4.13. The molecule has 0 radical (unpaired) electrons. The molecule has 0 bridgehead atoms. The maximum absolute atomic E-state index is 13.1. The fraction of sp³-hybridized carbons (Fsp3) is 0.111. The molecule has 0 amide bonds. The fourth-order valence-electron chi connectivity index (χ4n) is 0.811. The topological polar surface area (TPSA) is 26.0 Å². The Labute approximate surface area is 80.4 Å². The van der Waals surface area contributed by atoms with Gasteiger partial charge in [-0.15, -0.1) is 0 Å². The van der Waals surface area contributed by atoms with Gasteiger partial charge in [0.15, 0.2) is 5.82 Å². The number of hydrogen-bond donors (Lipinski definition) is 2. The van der Waals surface area contributed by atoms with Crippen LogP contribution in [-0.2, 0) is 0 Å². The summed E-state index contributed by atoms with van der Waals surface area (Å²) in [5.41, 5.74) is 4.83. The van der Waals surface area contributed by atoms with E-state index in [-0.39, 0.29) is 17.0 Å². The van der Waals surface area contributed by atoms with Crippen molar-refractivity contribution in [2.24, 2.45) is 0 Å². The van der Waals surface area contributed by atoms with Gasteiger partial charge in [-0.25, -0.2) is 8.78 Å². The van der Waals surface area contributed by atoms with E-state index in [1.165, 1.54) is 0 Å². The molecule has 0 unspecified atom stereocenters. The van der Waals surface area contributed by atoms with Crippen molar-refractivity contribution in [1.82, 2.24) is 0 Å². The fourth-order valence-corrected chi connectivity index (χ4v) is 0.890.